The zero-order chi connectivity index (χ0) is 16.5. The molecule has 1 rings (SSSR count). The van der Waals surface area contributed by atoms with E-state index in [1.165, 1.54) is 5.56 Å². The van der Waals surface area contributed by atoms with Gasteiger partial charge in [-0.05, 0) is 50.3 Å². The van der Waals surface area contributed by atoms with E-state index in [1.54, 1.807) is 20.8 Å². The minimum absolute atomic E-state index is 0.00303. The van der Waals surface area contributed by atoms with E-state index in [1.807, 2.05) is 12.1 Å². The van der Waals surface area contributed by atoms with Gasteiger partial charge in [-0.25, -0.2) is 9.59 Å². The van der Waals surface area contributed by atoms with Crippen molar-refractivity contribution in [3.63, 3.8) is 0 Å². The minimum atomic E-state index is -0.622. The highest BCUT2D eigenvalue weighted by atomic mass is 16.6. The topological polar surface area (TPSA) is 52.6 Å². The van der Waals surface area contributed by atoms with Gasteiger partial charge in [0, 0.05) is 0 Å². The zero-order valence-electron chi connectivity index (χ0n) is 13.8. The number of hydrogen-bond acceptors (Lipinski definition) is 4. The van der Waals surface area contributed by atoms with Crippen LogP contribution in [0, 0.1) is 0 Å². The standard InChI is InChI=1S/C18H24O4/c1-5-14-8-10-15(11-9-14)12-13(4)16(17(19)21-6-2)18(20)22-7-3/h8-11H,5-7,12H2,1-4H3. The van der Waals surface area contributed by atoms with Crippen LogP contribution >= 0.6 is 0 Å². The predicted octanol–water partition coefficient (Wildman–Crippen LogP) is 3.23. The summed E-state index contributed by atoms with van der Waals surface area (Å²) in [6.45, 7) is 7.72. The average Bonchev–Trinajstić information content (AvgIpc) is 2.48. The van der Waals surface area contributed by atoms with Crippen LogP contribution in [-0.2, 0) is 31.9 Å². The summed E-state index contributed by atoms with van der Waals surface area (Å²) in [7, 11) is 0. The van der Waals surface area contributed by atoms with Gasteiger partial charge in [0.05, 0.1) is 13.2 Å². The maximum absolute atomic E-state index is 12.0. The molecule has 0 aromatic heterocycles. The molecule has 4 nitrogen and oxygen atoms in total. The number of benzene rings is 1. The summed E-state index contributed by atoms with van der Waals surface area (Å²) < 4.78 is 9.94. The molecule has 0 aliphatic carbocycles. The molecule has 0 bridgehead atoms. The predicted molar refractivity (Wildman–Crippen MR) is 85.5 cm³/mol. The molecule has 0 amide bonds. The molecule has 120 valence electrons. The fourth-order valence-electron chi connectivity index (χ4n) is 2.13. The second kappa shape index (κ2) is 9.03. The van der Waals surface area contributed by atoms with Crippen LogP contribution in [0.3, 0.4) is 0 Å². The van der Waals surface area contributed by atoms with Gasteiger partial charge < -0.3 is 9.47 Å². The summed E-state index contributed by atoms with van der Waals surface area (Å²) in [5.41, 5.74) is 2.95. The lowest BCUT2D eigenvalue weighted by atomic mass is 10.00. The summed E-state index contributed by atoms with van der Waals surface area (Å²) in [6, 6.07) is 8.13. The summed E-state index contributed by atoms with van der Waals surface area (Å²) >= 11 is 0. The highest BCUT2D eigenvalue weighted by molar-refractivity contribution is 6.14. The van der Waals surface area contributed by atoms with Crippen LogP contribution in [0.2, 0.25) is 0 Å². The van der Waals surface area contributed by atoms with Gasteiger partial charge >= 0.3 is 11.9 Å². The van der Waals surface area contributed by atoms with E-state index in [4.69, 9.17) is 9.47 Å². The first-order valence-electron chi connectivity index (χ1n) is 7.65. The largest absolute Gasteiger partial charge is 0.462 e. The summed E-state index contributed by atoms with van der Waals surface area (Å²) in [6.07, 6.45) is 1.49. The van der Waals surface area contributed by atoms with Crippen molar-refractivity contribution in [2.45, 2.75) is 40.5 Å². The van der Waals surface area contributed by atoms with E-state index < -0.39 is 11.9 Å². The Kier molecular flexibility index (Phi) is 7.37. The van der Waals surface area contributed by atoms with Crippen LogP contribution in [0.1, 0.15) is 38.8 Å². The van der Waals surface area contributed by atoms with Gasteiger partial charge in [0.25, 0.3) is 0 Å². The lowest BCUT2D eigenvalue weighted by Crippen LogP contribution is -2.20. The maximum Gasteiger partial charge on any atom is 0.345 e. The molecule has 0 radical (unpaired) electrons. The van der Waals surface area contributed by atoms with Crippen LogP contribution < -0.4 is 0 Å². The number of ether oxygens (including phenoxy) is 2. The van der Waals surface area contributed by atoms with Gasteiger partial charge in [0.15, 0.2) is 0 Å². The van der Waals surface area contributed by atoms with Crippen molar-refractivity contribution >= 4 is 11.9 Å². The van der Waals surface area contributed by atoms with Crippen molar-refractivity contribution in [3.05, 3.63) is 46.5 Å². The Bertz CT molecular complexity index is 521. The molecule has 4 heteroatoms. The molecule has 0 atom stereocenters. The van der Waals surface area contributed by atoms with Gasteiger partial charge in [0.2, 0.25) is 0 Å². The Balaban J connectivity index is 3.03. The highest BCUT2D eigenvalue weighted by Crippen LogP contribution is 2.16. The number of carbonyl (C=O) groups excluding carboxylic acids is 2. The van der Waals surface area contributed by atoms with Crippen molar-refractivity contribution in [3.8, 4) is 0 Å². The van der Waals surface area contributed by atoms with Crippen molar-refractivity contribution < 1.29 is 19.1 Å². The van der Waals surface area contributed by atoms with E-state index >= 15 is 0 Å². The highest BCUT2D eigenvalue weighted by Gasteiger charge is 2.23. The van der Waals surface area contributed by atoms with Crippen LogP contribution in [-0.4, -0.2) is 25.2 Å². The molecule has 0 spiro atoms. The number of rotatable bonds is 7. The van der Waals surface area contributed by atoms with Crippen LogP contribution in [0.15, 0.2) is 35.4 Å². The second-order valence-corrected chi connectivity index (χ2v) is 4.94. The fraction of sp³-hybridized carbons (Fsp3) is 0.444. The SMILES string of the molecule is CCOC(=O)C(C(=O)OCC)=C(C)Cc1ccc(CC)cc1. The van der Waals surface area contributed by atoms with Gasteiger partial charge in [-0.15, -0.1) is 0 Å². The third-order valence-electron chi connectivity index (χ3n) is 3.29. The summed E-state index contributed by atoms with van der Waals surface area (Å²) in [4.78, 5) is 24.0. The van der Waals surface area contributed by atoms with Crippen LogP contribution in [0.5, 0.6) is 0 Å². The molecule has 0 aliphatic rings. The second-order valence-electron chi connectivity index (χ2n) is 4.94. The molecule has 0 saturated heterocycles. The Labute approximate surface area is 132 Å². The van der Waals surface area contributed by atoms with Gasteiger partial charge in [-0.3, -0.25) is 0 Å². The van der Waals surface area contributed by atoms with E-state index in [2.05, 4.69) is 19.1 Å². The van der Waals surface area contributed by atoms with Crippen molar-refractivity contribution in [2.24, 2.45) is 0 Å². The molecule has 0 N–H and O–H groups in total. The molecular formula is C18H24O4. The first kappa shape index (κ1) is 18.0. The molecule has 22 heavy (non-hydrogen) atoms. The summed E-state index contributed by atoms with van der Waals surface area (Å²) in [5.74, 6) is -1.24. The van der Waals surface area contributed by atoms with Crippen molar-refractivity contribution in [2.75, 3.05) is 13.2 Å². The Morgan fingerprint density at radius 3 is 1.73 bits per heavy atom. The normalized spacial score (nSPS) is 10.0. The summed E-state index contributed by atoms with van der Waals surface area (Å²) in [5, 5.41) is 0. The van der Waals surface area contributed by atoms with Gasteiger partial charge in [0.1, 0.15) is 5.57 Å². The zero-order valence-corrected chi connectivity index (χ0v) is 13.8. The van der Waals surface area contributed by atoms with Gasteiger partial charge in [-0.2, -0.15) is 0 Å². The number of carbonyl (C=O) groups is 2. The number of hydrogen-bond donors (Lipinski definition) is 0. The molecular weight excluding hydrogens is 280 g/mol. The Hall–Kier alpha value is -2.10. The lowest BCUT2D eigenvalue weighted by molar-refractivity contribution is -0.146. The average molecular weight is 304 g/mol. The van der Waals surface area contributed by atoms with Crippen molar-refractivity contribution in [1.82, 2.24) is 0 Å². The van der Waals surface area contributed by atoms with E-state index in [-0.39, 0.29) is 18.8 Å². The quantitative estimate of drug-likeness (QED) is 0.336. The molecule has 0 heterocycles. The van der Waals surface area contributed by atoms with E-state index in [9.17, 15) is 9.59 Å². The van der Waals surface area contributed by atoms with E-state index in [0.717, 1.165) is 12.0 Å². The Morgan fingerprint density at radius 1 is 0.864 bits per heavy atom. The number of aryl methyl sites for hydroxylation is 1. The molecule has 1 aromatic rings. The Morgan fingerprint density at radius 2 is 1.32 bits per heavy atom. The molecule has 1 aromatic carbocycles. The fourth-order valence-corrected chi connectivity index (χ4v) is 2.13. The maximum atomic E-state index is 12.0. The third-order valence-corrected chi connectivity index (χ3v) is 3.29. The molecule has 0 aliphatic heterocycles. The first-order valence-corrected chi connectivity index (χ1v) is 7.65. The van der Waals surface area contributed by atoms with Crippen LogP contribution in [0.4, 0.5) is 0 Å². The smallest absolute Gasteiger partial charge is 0.345 e. The van der Waals surface area contributed by atoms with E-state index in [0.29, 0.717) is 12.0 Å². The molecule has 0 unspecified atom stereocenters. The lowest BCUT2D eigenvalue weighted by Gasteiger charge is -2.11. The monoisotopic (exact) mass is 304 g/mol. The third kappa shape index (κ3) is 5.02. The molecule has 0 saturated carbocycles. The molecule has 0 fully saturated rings. The first-order chi connectivity index (χ1) is 10.5. The number of allylic oxidation sites excluding steroid dienone is 1. The van der Waals surface area contributed by atoms with Crippen LogP contribution in [0.25, 0.3) is 0 Å². The minimum Gasteiger partial charge on any atom is -0.462 e. The van der Waals surface area contributed by atoms with Crippen molar-refractivity contribution in [1.29, 1.82) is 0 Å². The number of esters is 2. The van der Waals surface area contributed by atoms with Gasteiger partial charge in [-0.1, -0.05) is 31.2 Å².